The number of carbonyl (C=O) groups is 1. The van der Waals surface area contributed by atoms with E-state index >= 15 is 0 Å². The number of anilines is 1. The number of ether oxygens (including phenoxy) is 1. The summed E-state index contributed by atoms with van der Waals surface area (Å²) in [6, 6.07) is 7.80. The Kier molecular flexibility index (Phi) is 7.06. The second-order valence-corrected chi connectivity index (χ2v) is 4.10. The number of hydrogen-bond acceptors (Lipinski definition) is 3. The molecule has 100 valence electrons. The van der Waals surface area contributed by atoms with Crippen molar-refractivity contribution in [3.63, 3.8) is 0 Å². The van der Waals surface area contributed by atoms with E-state index in [1.807, 2.05) is 38.2 Å². The van der Waals surface area contributed by atoms with Gasteiger partial charge in [-0.2, -0.15) is 0 Å². The van der Waals surface area contributed by atoms with Crippen molar-refractivity contribution in [1.82, 2.24) is 5.32 Å². The van der Waals surface area contributed by atoms with Crippen molar-refractivity contribution in [2.75, 3.05) is 25.6 Å². The van der Waals surface area contributed by atoms with E-state index < -0.39 is 0 Å². The number of rotatable bonds is 8. The largest absolute Gasteiger partial charge is 0.381 e. The van der Waals surface area contributed by atoms with Crippen molar-refractivity contribution in [2.45, 2.75) is 26.3 Å². The molecule has 0 radical (unpaired) electrons. The maximum atomic E-state index is 11.7. The monoisotopic (exact) mass is 250 g/mol. The average molecular weight is 250 g/mol. The van der Waals surface area contributed by atoms with E-state index in [0.717, 1.165) is 24.2 Å². The molecular weight excluding hydrogens is 228 g/mol. The van der Waals surface area contributed by atoms with Crippen molar-refractivity contribution in [3.8, 4) is 0 Å². The molecule has 0 heterocycles. The highest BCUT2D eigenvalue weighted by molar-refractivity contribution is 5.91. The van der Waals surface area contributed by atoms with Crippen LogP contribution in [-0.4, -0.2) is 26.2 Å². The number of nitrogens with one attached hydrogen (secondary N) is 2. The highest BCUT2D eigenvalue weighted by atomic mass is 16.5. The maximum Gasteiger partial charge on any atom is 0.226 e. The first-order valence-corrected chi connectivity index (χ1v) is 6.38. The second-order valence-electron chi connectivity index (χ2n) is 4.10. The lowest BCUT2D eigenvalue weighted by Gasteiger charge is -2.10. The molecule has 0 fully saturated rings. The summed E-state index contributed by atoms with van der Waals surface area (Å²) in [5, 5.41) is 5.99. The van der Waals surface area contributed by atoms with Gasteiger partial charge in [0.1, 0.15) is 0 Å². The van der Waals surface area contributed by atoms with Crippen LogP contribution in [0.15, 0.2) is 24.3 Å². The average Bonchev–Trinajstić information content (AvgIpc) is 2.37. The van der Waals surface area contributed by atoms with Gasteiger partial charge in [0.25, 0.3) is 0 Å². The molecule has 1 aromatic rings. The molecular formula is C14H22N2O2. The summed E-state index contributed by atoms with van der Waals surface area (Å²) in [6.07, 6.45) is 1.38. The summed E-state index contributed by atoms with van der Waals surface area (Å²) in [4.78, 5) is 11.7. The first-order valence-electron chi connectivity index (χ1n) is 6.38. The SMILES string of the molecule is CCCOCCC(=O)Nc1ccccc1CNC. The molecule has 0 spiro atoms. The fourth-order valence-corrected chi connectivity index (χ4v) is 1.61. The summed E-state index contributed by atoms with van der Waals surface area (Å²) >= 11 is 0. The molecule has 1 rings (SSSR count). The van der Waals surface area contributed by atoms with E-state index in [2.05, 4.69) is 10.6 Å². The summed E-state index contributed by atoms with van der Waals surface area (Å²) in [5.74, 6) is -0.00495. The van der Waals surface area contributed by atoms with E-state index in [4.69, 9.17) is 4.74 Å². The summed E-state index contributed by atoms with van der Waals surface area (Å²) in [7, 11) is 1.89. The van der Waals surface area contributed by atoms with E-state index in [-0.39, 0.29) is 5.91 Å². The second kappa shape index (κ2) is 8.66. The van der Waals surface area contributed by atoms with Crippen LogP contribution in [-0.2, 0) is 16.1 Å². The minimum atomic E-state index is -0.00495. The molecule has 18 heavy (non-hydrogen) atoms. The molecule has 0 aliphatic rings. The van der Waals surface area contributed by atoms with E-state index in [1.165, 1.54) is 0 Å². The molecule has 0 aliphatic carbocycles. The summed E-state index contributed by atoms with van der Waals surface area (Å²) in [5.41, 5.74) is 1.95. The van der Waals surface area contributed by atoms with Gasteiger partial charge in [0, 0.05) is 18.8 Å². The Labute approximate surface area is 109 Å². The number of amides is 1. The molecule has 2 N–H and O–H groups in total. The van der Waals surface area contributed by atoms with Crippen LogP contribution in [0.4, 0.5) is 5.69 Å². The number of hydrogen-bond donors (Lipinski definition) is 2. The predicted octanol–water partition coefficient (Wildman–Crippen LogP) is 2.16. The van der Waals surface area contributed by atoms with Crippen molar-refractivity contribution < 1.29 is 9.53 Å². The fourth-order valence-electron chi connectivity index (χ4n) is 1.61. The first kappa shape index (κ1) is 14.7. The van der Waals surface area contributed by atoms with Crippen molar-refractivity contribution >= 4 is 11.6 Å². The van der Waals surface area contributed by atoms with Gasteiger partial charge >= 0.3 is 0 Å². The van der Waals surface area contributed by atoms with Gasteiger partial charge in [-0.25, -0.2) is 0 Å². The lowest BCUT2D eigenvalue weighted by atomic mass is 10.1. The Morgan fingerprint density at radius 1 is 1.28 bits per heavy atom. The highest BCUT2D eigenvalue weighted by Gasteiger charge is 2.05. The number of para-hydroxylation sites is 1. The highest BCUT2D eigenvalue weighted by Crippen LogP contribution is 2.14. The molecule has 0 saturated carbocycles. The normalized spacial score (nSPS) is 10.3. The van der Waals surface area contributed by atoms with Crippen LogP contribution in [0.1, 0.15) is 25.3 Å². The van der Waals surface area contributed by atoms with E-state index in [0.29, 0.717) is 19.6 Å². The molecule has 0 atom stereocenters. The Morgan fingerprint density at radius 3 is 2.78 bits per heavy atom. The zero-order valence-corrected chi connectivity index (χ0v) is 11.2. The predicted molar refractivity (Wildman–Crippen MR) is 73.6 cm³/mol. The Bertz CT molecular complexity index is 367. The van der Waals surface area contributed by atoms with Crippen molar-refractivity contribution in [3.05, 3.63) is 29.8 Å². The summed E-state index contributed by atoms with van der Waals surface area (Å²) < 4.78 is 5.30. The van der Waals surface area contributed by atoms with Crippen LogP contribution in [0.3, 0.4) is 0 Å². The van der Waals surface area contributed by atoms with Gasteiger partial charge in [-0.1, -0.05) is 25.1 Å². The number of benzene rings is 1. The third-order valence-corrected chi connectivity index (χ3v) is 2.48. The topological polar surface area (TPSA) is 50.4 Å². The van der Waals surface area contributed by atoms with Gasteiger partial charge in [0.05, 0.1) is 13.0 Å². The van der Waals surface area contributed by atoms with Gasteiger partial charge in [-0.05, 0) is 25.1 Å². The zero-order valence-electron chi connectivity index (χ0n) is 11.2. The molecule has 1 amide bonds. The van der Waals surface area contributed by atoms with Gasteiger partial charge in [-0.3, -0.25) is 4.79 Å². The lowest BCUT2D eigenvalue weighted by molar-refractivity contribution is -0.117. The zero-order chi connectivity index (χ0) is 13.2. The minimum Gasteiger partial charge on any atom is -0.381 e. The Hall–Kier alpha value is -1.39. The van der Waals surface area contributed by atoms with Crippen LogP contribution in [0.25, 0.3) is 0 Å². The molecule has 1 aromatic carbocycles. The molecule has 0 aliphatic heterocycles. The third kappa shape index (κ3) is 5.29. The smallest absolute Gasteiger partial charge is 0.226 e. The minimum absolute atomic E-state index is 0.00495. The van der Waals surface area contributed by atoms with Gasteiger partial charge in [-0.15, -0.1) is 0 Å². The number of carbonyl (C=O) groups excluding carboxylic acids is 1. The molecule has 0 bridgehead atoms. The Balaban J connectivity index is 2.43. The maximum absolute atomic E-state index is 11.7. The first-order chi connectivity index (χ1) is 8.77. The molecule has 0 aromatic heterocycles. The van der Waals surface area contributed by atoms with Crippen LogP contribution < -0.4 is 10.6 Å². The van der Waals surface area contributed by atoms with Crippen molar-refractivity contribution in [2.24, 2.45) is 0 Å². The van der Waals surface area contributed by atoms with Crippen LogP contribution >= 0.6 is 0 Å². The quantitative estimate of drug-likeness (QED) is 0.695. The molecule has 4 nitrogen and oxygen atoms in total. The lowest BCUT2D eigenvalue weighted by Crippen LogP contribution is -2.16. The van der Waals surface area contributed by atoms with Gasteiger partial charge < -0.3 is 15.4 Å². The standard InChI is InChI=1S/C14H22N2O2/c1-3-9-18-10-8-14(17)16-13-7-5-4-6-12(13)11-15-2/h4-7,15H,3,8-11H2,1-2H3,(H,16,17). The van der Waals surface area contributed by atoms with Crippen LogP contribution in [0.5, 0.6) is 0 Å². The molecule has 4 heteroatoms. The van der Waals surface area contributed by atoms with Crippen molar-refractivity contribution in [1.29, 1.82) is 0 Å². The Morgan fingerprint density at radius 2 is 2.06 bits per heavy atom. The van der Waals surface area contributed by atoms with E-state index in [9.17, 15) is 4.79 Å². The molecule has 0 saturated heterocycles. The van der Waals surface area contributed by atoms with Gasteiger partial charge in [0.15, 0.2) is 0 Å². The fraction of sp³-hybridized carbons (Fsp3) is 0.500. The van der Waals surface area contributed by atoms with Crippen LogP contribution in [0, 0.1) is 0 Å². The molecule has 0 unspecified atom stereocenters. The van der Waals surface area contributed by atoms with E-state index in [1.54, 1.807) is 0 Å². The van der Waals surface area contributed by atoms with Crippen LogP contribution in [0.2, 0.25) is 0 Å². The third-order valence-electron chi connectivity index (χ3n) is 2.48. The summed E-state index contributed by atoms with van der Waals surface area (Å²) in [6.45, 7) is 3.98. The van der Waals surface area contributed by atoms with Gasteiger partial charge in [0.2, 0.25) is 5.91 Å².